The van der Waals surface area contributed by atoms with E-state index in [0.717, 1.165) is 34.9 Å². The number of benzene rings is 3. The summed E-state index contributed by atoms with van der Waals surface area (Å²) in [6.45, 7) is 0. The highest BCUT2D eigenvalue weighted by Gasteiger charge is 2.29. The van der Waals surface area contributed by atoms with E-state index >= 15 is 0 Å². The molecule has 4 rings (SSSR count). The van der Waals surface area contributed by atoms with Gasteiger partial charge in [0.15, 0.2) is 0 Å². The van der Waals surface area contributed by atoms with Crippen molar-refractivity contribution in [2.45, 2.75) is 25.0 Å². The van der Waals surface area contributed by atoms with Crippen molar-refractivity contribution >= 4 is 16.7 Å². The fraction of sp³-hybridized carbons (Fsp3) is 0.190. The third kappa shape index (κ3) is 3.11. The molecule has 1 aliphatic carbocycles. The predicted molar refractivity (Wildman–Crippen MR) is 94.9 cm³/mol. The number of carbonyl (C=O) groups excluding carboxylic acids is 1. The highest BCUT2D eigenvalue weighted by atomic mass is 16.5. The first-order chi connectivity index (χ1) is 11.8. The second-order valence-corrected chi connectivity index (χ2v) is 6.17. The van der Waals surface area contributed by atoms with Gasteiger partial charge in [0.05, 0.1) is 0 Å². The Kier molecular flexibility index (Phi) is 3.91. The summed E-state index contributed by atoms with van der Waals surface area (Å²) < 4.78 is 6.19. The molecule has 1 amide bonds. The molecule has 0 bridgehead atoms. The summed E-state index contributed by atoms with van der Waals surface area (Å²) in [7, 11) is 0. The fourth-order valence-electron chi connectivity index (χ4n) is 2.83. The molecule has 3 nitrogen and oxygen atoms in total. The molecule has 0 spiro atoms. The summed E-state index contributed by atoms with van der Waals surface area (Å²) in [5.41, 5.74) is 0.864. The number of carbonyl (C=O) groups is 1. The minimum absolute atomic E-state index is 0.0726. The zero-order valence-corrected chi connectivity index (χ0v) is 13.3. The van der Waals surface area contributed by atoms with E-state index in [0.29, 0.717) is 6.04 Å². The van der Waals surface area contributed by atoms with Crippen LogP contribution in [0.25, 0.3) is 10.8 Å². The summed E-state index contributed by atoms with van der Waals surface area (Å²) in [5.74, 6) is 0.657. The number of rotatable bonds is 5. The minimum atomic E-state index is -0.641. The number of nitrogens with one attached hydrogen (secondary N) is 1. The first kappa shape index (κ1) is 14.8. The van der Waals surface area contributed by atoms with E-state index in [9.17, 15) is 4.79 Å². The van der Waals surface area contributed by atoms with E-state index < -0.39 is 6.10 Å². The third-order valence-electron chi connectivity index (χ3n) is 4.26. The molecule has 3 heteroatoms. The molecule has 3 aromatic carbocycles. The van der Waals surface area contributed by atoms with Gasteiger partial charge in [0.2, 0.25) is 6.10 Å². The van der Waals surface area contributed by atoms with Gasteiger partial charge in [-0.3, -0.25) is 4.79 Å². The molecular formula is C21H19NO2. The number of fused-ring (bicyclic) bond motifs is 1. The lowest BCUT2D eigenvalue weighted by atomic mass is 10.1. The average Bonchev–Trinajstić information content (AvgIpc) is 3.44. The van der Waals surface area contributed by atoms with Gasteiger partial charge in [0, 0.05) is 17.0 Å². The van der Waals surface area contributed by atoms with Gasteiger partial charge in [0.25, 0.3) is 5.91 Å². The number of amides is 1. The molecule has 0 unspecified atom stereocenters. The summed E-state index contributed by atoms with van der Waals surface area (Å²) in [6.07, 6.45) is 1.47. The van der Waals surface area contributed by atoms with Crippen molar-refractivity contribution in [3.05, 3.63) is 78.4 Å². The highest BCUT2D eigenvalue weighted by molar-refractivity contribution is 5.89. The SMILES string of the molecule is O=C(NC1CC1)[C@H](Oc1cccc2ccccc12)c1ccccc1. The normalized spacial score (nSPS) is 15.0. The lowest BCUT2D eigenvalue weighted by Crippen LogP contribution is -2.33. The van der Waals surface area contributed by atoms with Gasteiger partial charge in [-0.15, -0.1) is 0 Å². The Morgan fingerprint density at radius 3 is 2.42 bits per heavy atom. The molecule has 0 aliphatic heterocycles. The molecule has 0 radical (unpaired) electrons. The predicted octanol–water partition coefficient (Wildman–Crippen LogP) is 4.24. The summed E-state index contributed by atoms with van der Waals surface area (Å²) in [4.78, 5) is 12.7. The van der Waals surface area contributed by atoms with E-state index in [1.54, 1.807) is 0 Å². The molecule has 0 heterocycles. The zero-order valence-electron chi connectivity index (χ0n) is 13.3. The van der Waals surface area contributed by atoms with Crippen molar-refractivity contribution in [2.24, 2.45) is 0 Å². The van der Waals surface area contributed by atoms with Crippen LogP contribution in [0.3, 0.4) is 0 Å². The van der Waals surface area contributed by atoms with Crippen LogP contribution >= 0.6 is 0 Å². The van der Waals surface area contributed by atoms with Crippen molar-refractivity contribution in [3.63, 3.8) is 0 Å². The quantitative estimate of drug-likeness (QED) is 0.764. The van der Waals surface area contributed by atoms with E-state index in [-0.39, 0.29) is 5.91 Å². The maximum atomic E-state index is 12.7. The standard InChI is InChI=1S/C21H19NO2/c23-21(22-17-13-14-17)20(16-8-2-1-3-9-16)24-19-12-6-10-15-7-4-5-11-18(15)19/h1-12,17,20H,13-14H2,(H,22,23)/t20-/m1/s1. The van der Waals surface area contributed by atoms with Gasteiger partial charge in [-0.1, -0.05) is 66.7 Å². The maximum absolute atomic E-state index is 12.7. The molecule has 0 aromatic heterocycles. The lowest BCUT2D eigenvalue weighted by Gasteiger charge is -2.20. The van der Waals surface area contributed by atoms with Crippen LogP contribution in [0.4, 0.5) is 0 Å². The van der Waals surface area contributed by atoms with Crippen LogP contribution in [-0.4, -0.2) is 11.9 Å². The van der Waals surface area contributed by atoms with Crippen molar-refractivity contribution in [1.82, 2.24) is 5.32 Å². The smallest absolute Gasteiger partial charge is 0.266 e. The molecule has 1 fully saturated rings. The molecule has 0 saturated heterocycles. The number of ether oxygens (including phenoxy) is 1. The summed E-state index contributed by atoms with van der Waals surface area (Å²) in [5, 5.41) is 5.17. The molecule has 1 saturated carbocycles. The molecule has 120 valence electrons. The van der Waals surface area contributed by atoms with Gasteiger partial charge >= 0.3 is 0 Å². The number of hydrogen-bond donors (Lipinski definition) is 1. The van der Waals surface area contributed by atoms with Crippen molar-refractivity contribution < 1.29 is 9.53 Å². The Morgan fingerprint density at radius 1 is 0.917 bits per heavy atom. The van der Waals surface area contributed by atoms with Crippen molar-refractivity contribution in [3.8, 4) is 5.75 Å². The van der Waals surface area contributed by atoms with Crippen molar-refractivity contribution in [2.75, 3.05) is 0 Å². The topological polar surface area (TPSA) is 38.3 Å². The van der Waals surface area contributed by atoms with Crippen LogP contribution in [0.2, 0.25) is 0 Å². The van der Waals surface area contributed by atoms with Crippen LogP contribution in [0.5, 0.6) is 5.75 Å². The third-order valence-corrected chi connectivity index (χ3v) is 4.26. The second-order valence-electron chi connectivity index (χ2n) is 6.17. The Morgan fingerprint density at radius 2 is 1.62 bits per heavy atom. The van der Waals surface area contributed by atoms with E-state index in [1.165, 1.54) is 0 Å². The van der Waals surface area contributed by atoms with E-state index in [2.05, 4.69) is 5.32 Å². The van der Waals surface area contributed by atoms with Gasteiger partial charge in [0.1, 0.15) is 5.75 Å². The van der Waals surface area contributed by atoms with Crippen LogP contribution in [0.15, 0.2) is 72.8 Å². The average molecular weight is 317 g/mol. The summed E-state index contributed by atoms with van der Waals surface area (Å²) >= 11 is 0. The molecule has 3 aromatic rings. The minimum Gasteiger partial charge on any atom is -0.475 e. The van der Waals surface area contributed by atoms with Gasteiger partial charge in [-0.25, -0.2) is 0 Å². The highest BCUT2D eigenvalue weighted by Crippen LogP contribution is 2.30. The van der Waals surface area contributed by atoms with Crippen LogP contribution < -0.4 is 10.1 Å². The van der Waals surface area contributed by atoms with Crippen LogP contribution in [0, 0.1) is 0 Å². The molecular weight excluding hydrogens is 298 g/mol. The Labute approximate surface area is 141 Å². The van der Waals surface area contributed by atoms with Crippen LogP contribution in [0.1, 0.15) is 24.5 Å². The molecule has 1 aliphatic rings. The Hall–Kier alpha value is -2.81. The Bertz CT molecular complexity index is 851. The fourth-order valence-corrected chi connectivity index (χ4v) is 2.83. The van der Waals surface area contributed by atoms with E-state index in [4.69, 9.17) is 4.74 Å². The summed E-state index contributed by atoms with van der Waals surface area (Å²) in [6, 6.07) is 23.9. The monoisotopic (exact) mass is 317 g/mol. The van der Waals surface area contributed by atoms with Gasteiger partial charge in [-0.05, 0) is 24.3 Å². The van der Waals surface area contributed by atoms with Gasteiger partial charge < -0.3 is 10.1 Å². The first-order valence-corrected chi connectivity index (χ1v) is 8.31. The number of hydrogen-bond acceptors (Lipinski definition) is 2. The molecule has 1 atom stereocenters. The molecule has 24 heavy (non-hydrogen) atoms. The van der Waals surface area contributed by atoms with Crippen molar-refractivity contribution in [1.29, 1.82) is 0 Å². The first-order valence-electron chi connectivity index (χ1n) is 8.31. The lowest BCUT2D eigenvalue weighted by molar-refractivity contribution is -0.128. The zero-order chi connectivity index (χ0) is 16.4. The van der Waals surface area contributed by atoms with Gasteiger partial charge in [-0.2, -0.15) is 0 Å². The molecule has 1 N–H and O–H groups in total. The second kappa shape index (κ2) is 6.36. The Balaban J connectivity index is 1.69. The maximum Gasteiger partial charge on any atom is 0.266 e. The largest absolute Gasteiger partial charge is 0.475 e. The van der Waals surface area contributed by atoms with Crippen LogP contribution in [-0.2, 0) is 4.79 Å². The van der Waals surface area contributed by atoms with E-state index in [1.807, 2.05) is 72.8 Å².